The Morgan fingerprint density at radius 3 is 2.37 bits per heavy atom. The van der Waals surface area contributed by atoms with Gasteiger partial charge in [0.05, 0.1) is 0 Å². The highest BCUT2D eigenvalue weighted by Crippen LogP contribution is 2.39. The molecule has 1 N–H and O–H groups in total. The first-order valence-electron chi connectivity index (χ1n) is 7.14. The van der Waals surface area contributed by atoms with Crippen LogP contribution in [0.1, 0.15) is 57.4 Å². The fourth-order valence-corrected chi connectivity index (χ4v) is 2.72. The molecule has 1 unspecified atom stereocenters. The van der Waals surface area contributed by atoms with Crippen LogP contribution in [0.15, 0.2) is 24.3 Å². The molecule has 1 aromatic carbocycles. The molecule has 1 rings (SSSR count). The minimum absolute atomic E-state index is 0.720. The van der Waals surface area contributed by atoms with Crippen molar-refractivity contribution in [3.63, 3.8) is 0 Å². The van der Waals surface area contributed by atoms with E-state index in [9.17, 15) is 0 Å². The van der Waals surface area contributed by atoms with Crippen LogP contribution in [0, 0.1) is 0 Å². The maximum absolute atomic E-state index is 9.13. The van der Waals surface area contributed by atoms with E-state index in [1.54, 1.807) is 0 Å². The summed E-state index contributed by atoms with van der Waals surface area (Å²) in [5, 5.41) is 0. The monoisotopic (exact) mass is 302 g/mol. The van der Waals surface area contributed by atoms with Gasteiger partial charge in [-0.1, -0.05) is 63.6 Å². The Bertz CT molecular complexity index is 345. The summed E-state index contributed by atoms with van der Waals surface area (Å²) in [7, 11) is -1.85. The molecule has 0 amide bonds. The number of rotatable bonds is 10. The molecule has 0 saturated heterocycles. The molecule has 0 saturated carbocycles. The average molecular weight is 303 g/mol. The van der Waals surface area contributed by atoms with E-state index in [2.05, 4.69) is 6.92 Å². The highest BCUT2D eigenvalue weighted by Gasteiger charge is 2.07. The van der Waals surface area contributed by atoms with Crippen molar-refractivity contribution in [2.24, 2.45) is 0 Å². The summed E-state index contributed by atoms with van der Waals surface area (Å²) in [5.41, 5.74) is 1.14. The van der Waals surface area contributed by atoms with Crippen molar-refractivity contribution in [2.45, 2.75) is 58.3 Å². The van der Waals surface area contributed by atoms with Crippen LogP contribution in [-0.2, 0) is 6.42 Å². The standard InChI is InChI=1S/C15H24ClO2P/c1-2-3-4-5-6-7-8-11-14-12-9-10-13-15(14)18-19(16)17/h9-10,12-13,17H,2-8,11H2,1H3. The van der Waals surface area contributed by atoms with Crippen LogP contribution in [0.25, 0.3) is 0 Å². The molecule has 0 radical (unpaired) electrons. The molecule has 0 aliphatic carbocycles. The Morgan fingerprint density at radius 1 is 1.05 bits per heavy atom. The van der Waals surface area contributed by atoms with Crippen LogP contribution < -0.4 is 4.52 Å². The minimum Gasteiger partial charge on any atom is -0.436 e. The van der Waals surface area contributed by atoms with Gasteiger partial charge in [0.15, 0.2) is 0 Å². The molecule has 0 bridgehead atoms. The predicted octanol–water partition coefficient (Wildman–Crippen LogP) is 5.82. The Labute approximate surface area is 122 Å². The van der Waals surface area contributed by atoms with Crippen molar-refractivity contribution >= 4 is 19.0 Å². The zero-order valence-electron chi connectivity index (χ0n) is 11.6. The van der Waals surface area contributed by atoms with E-state index >= 15 is 0 Å². The first-order valence-corrected chi connectivity index (χ1v) is 9.26. The molecule has 0 aliphatic rings. The highest BCUT2D eigenvalue weighted by molar-refractivity contribution is 7.75. The zero-order chi connectivity index (χ0) is 13.9. The van der Waals surface area contributed by atoms with E-state index in [1.165, 1.54) is 38.5 Å². The van der Waals surface area contributed by atoms with Gasteiger partial charge in [-0.15, -0.1) is 0 Å². The first-order chi connectivity index (χ1) is 9.24. The maximum atomic E-state index is 9.13. The lowest BCUT2D eigenvalue weighted by molar-refractivity contribution is 0.500. The van der Waals surface area contributed by atoms with Gasteiger partial charge in [0, 0.05) is 0 Å². The van der Waals surface area contributed by atoms with Crippen molar-refractivity contribution < 1.29 is 9.42 Å². The van der Waals surface area contributed by atoms with Crippen LogP contribution in [0.4, 0.5) is 0 Å². The van der Waals surface area contributed by atoms with Gasteiger partial charge in [0.2, 0.25) is 0 Å². The van der Waals surface area contributed by atoms with Crippen molar-refractivity contribution in [1.82, 2.24) is 0 Å². The lowest BCUT2D eigenvalue weighted by Crippen LogP contribution is -1.91. The smallest absolute Gasteiger partial charge is 0.335 e. The van der Waals surface area contributed by atoms with Crippen LogP contribution in [0.5, 0.6) is 5.75 Å². The Kier molecular flexibility index (Phi) is 9.24. The molecule has 0 aliphatic heterocycles. The second-order valence-corrected chi connectivity index (χ2v) is 6.30. The van der Waals surface area contributed by atoms with E-state index < -0.39 is 7.73 Å². The zero-order valence-corrected chi connectivity index (χ0v) is 13.3. The lowest BCUT2D eigenvalue weighted by atomic mass is 10.0. The summed E-state index contributed by atoms with van der Waals surface area (Å²) in [6, 6.07) is 7.81. The van der Waals surface area contributed by atoms with Gasteiger partial charge in [-0.3, -0.25) is 0 Å². The van der Waals surface area contributed by atoms with Crippen molar-refractivity contribution in [1.29, 1.82) is 0 Å². The summed E-state index contributed by atoms with van der Waals surface area (Å²) in [6.07, 6.45) is 10.1. The predicted molar refractivity (Wildman–Crippen MR) is 83.8 cm³/mol. The summed E-state index contributed by atoms with van der Waals surface area (Å²) < 4.78 is 5.24. The van der Waals surface area contributed by atoms with Gasteiger partial charge in [-0.05, 0) is 35.7 Å². The van der Waals surface area contributed by atoms with E-state index in [0.717, 1.165) is 24.2 Å². The van der Waals surface area contributed by atoms with Crippen molar-refractivity contribution in [3.05, 3.63) is 29.8 Å². The van der Waals surface area contributed by atoms with Gasteiger partial charge in [-0.2, -0.15) is 0 Å². The number of aryl methyl sites for hydroxylation is 1. The molecule has 0 spiro atoms. The van der Waals surface area contributed by atoms with E-state index in [4.69, 9.17) is 20.7 Å². The SMILES string of the molecule is CCCCCCCCCc1ccccc1OP(O)Cl. The van der Waals surface area contributed by atoms with Crippen molar-refractivity contribution in [2.75, 3.05) is 0 Å². The quantitative estimate of drug-likeness (QED) is 0.436. The number of halogens is 1. The van der Waals surface area contributed by atoms with Gasteiger partial charge in [-0.25, -0.2) is 0 Å². The fourth-order valence-electron chi connectivity index (χ4n) is 2.15. The van der Waals surface area contributed by atoms with Crippen molar-refractivity contribution in [3.8, 4) is 5.75 Å². The summed E-state index contributed by atoms with van der Waals surface area (Å²) in [4.78, 5) is 9.13. The largest absolute Gasteiger partial charge is 0.436 e. The third-order valence-corrected chi connectivity index (χ3v) is 3.75. The fraction of sp³-hybridized carbons (Fsp3) is 0.600. The number of hydrogen-bond acceptors (Lipinski definition) is 2. The molecule has 108 valence electrons. The molecule has 19 heavy (non-hydrogen) atoms. The topological polar surface area (TPSA) is 29.5 Å². The normalized spacial score (nSPS) is 12.4. The Morgan fingerprint density at radius 2 is 1.68 bits per heavy atom. The molecular weight excluding hydrogens is 279 g/mol. The number of hydrogen-bond donors (Lipinski definition) is 1. The van der Waals surface area contributed by atoms with Crippen LogP contribution in [0.3, 0.4) is 0 Å². The summed E-state index contributed by atoms with van der Waals surface area (Å²) in [5.74, 6) is 0.720. The van der Waals surface area contributed by atoms with E-state index in [1.807, 2.05) is 24.3 Å². The first kappa shape index (κ1) is 16.8. The van der Waals surface area contributed by atoms with Gasteiger partial charge in [0.25, 0.3) is 0 Å². The molecule has 0 heterocycles. The second kappa shape index (κ2) is 10.5. The lowest BCUT2D eigenvalue weighted by Gasteiger charge is -2.10. The van der Waals surface area contributed by atoms with Gasteiger partial charge in [0.1, 0.15) is 5.75 Å². The molecule has 4 heteroatoms. The van der Waals surface area contributed by atoms with E-state index in [-0.39, 0.29) is 0 Å². The Hall–Kier alpha value is -0.300. The second-order valence-electron chi connectivity index (χ2n) is 4.80. The highest BCUT2D eigenvalue weighted by atomic mass is 35.7. The average Bonchev–Trinajstić information content (AvgIpc) is 2.39. The molecule has 0 fully saturated rings. The molecule has 1 aromatic rings. The Balaban J connectivity index is 2.25. The van der Waals surface area contributed by atoms with Gasteiger partial charge < -0.3 is 9.42 Å². The van der Waals surface area contributed by atoms with Crippen LogP contribution in [0.2, 0.25) is 0 Å². The third kappa shape index (κ3) is 7.77. The molecular formula is C15H24ClO2P. The minimum atomic E-state index is -1.85. The summed E-state index contributed by atoms with van der Waals surface area (Å²) >= 11 is 5.51. The molecule has 2 nitrogen and oxygen atoms in total. The molecule has 0 aromatic heterocycles. The van der Waals surface area contributed by atoms with Crippen LogP contribution in [-0.4, -0.2) is 4.89 Å². The maximum Gasteiger partial charge on any atom is 0.335 e. The molecule has 1 atom stereocenters. The third-order valence-electron chi connectivity index (χ3n) is 3.20. The number of benzene rings is 1. The van der Waals surface area contributed by atoms with Gasteiger partial charge >= 0.3 is 7.73 Å². The summed E-state index contributed by atoms with van der Waals surface area (Å²) in [6.45, 7) is 2.24. The van der Waals surface area contributed by atoms with Crippen LogP contribution >= 0.6 is 19.0 Å². The number of para-hydroxylation sites is 1. The van der Waals surface area contributed by atoms with E-state index in [0.29, 0.717) is 0 Å². The number of unbranched alkanes of at least 4 members (excludes halogenated alkanes) is 6.